The van der Waals surface area contributed by atoms with E-state index in [0.717, 1.165) is 5.69 Å². The summed E-state index contributed by atoms with van der Waals surface area (Å²) in [7, 11) is 1.60. The van der Waals surface area contributed by atoms with Crippen LogP contribution in [0.2, 0.25) is 0 Å². The Hall–Kier alpha value is -2.37. The van der Waals surface area contributed by atoms with Crippen LogP contribution in [0.1, 0.15) is 20.8 Å². The second-order valence-electron chi connectivity index (χ2n) is 5.66. The lowest BCUT2D eigenvalue weighted by molar-refractivity contribution is 0.0534. The molecule has 0 heterocycles. The summed E-state index contributed by atoms with van der Waals surface area (Å²) in [4.78, 5) is 11.4. The van der Waals surface area contributed by atoms with Gasteiger partial charge >= 0.3 is 6.09 Å². The summed E-state index contributed by atoms with van der Waals surface area (Å²) in [6.07, 6.45) is 3.30. The summed E-state index contributed by atoms with van der Waals surface area (Å²) in [5.41, 5.74) is 6.79. The highest BCUT2D eigenvalue weighted by atomic mass is 16.6. The lowest BCUT2D eigenvalue weighted by Gasteiger charge is -2.19. The third kappa shape index (κ3) is 6.39. The maximum Gasteiger partial charge on any atom is 0.407 e. The minimum atomic E-state index is -0.489. The van der Waals surface area contributed by atoms with Crippen LogP contribution in [0.25, 0.3) is 0 Å². The summed E-state index contributed by atoms with van der Waals surface area (Å²) in [5.74, 6) is 0.695. The van der Waals surface area contributed by atoms with E-state index in [1.54, 1.807) is 13.2 Å². The molecule has 0 spiro atoms. The van der Waals surface area contributed by atoms with E-state index < -0.39 is 11.7 Å². The molecule has 1 aromatic carbocycles. The monoisotopic (exact) mass is 307 g/mol. The zero-order valence-electron chi connectivity index (χ0n) is 13.6. The van der Waals surface area contributed by atoms with Gasteiger partial charge in [0.1, 0.15) is 17.0 Å². The number of nitrogen functional groups attached to an aromatic ring is 1. The molecule has 0 unspecified atom stereocenters. The number of carbonyl (C=O) groups excluding carboxylic acids is 1. The van der Waals surface area contributed by atoms with Gasteiger partial charge in [-0.2, -0.15) is 0 Å². The Labute approximate surface area is 131 Å². The average molecular weight is 307 g/mol. The van der Waals surface area contributed by atoms with Crippen molar-refractivity contribution in [3.8, 4) is 5.75 Å². The van der Waals surface area contributed by atoms with E-state index in [9.17, 15) is 4.79 Å². The van der Waals surface area contributed by atoms with Gasteiger partial charge in [-0.15, -0.1) is 0 Å². The van der Waals surface area contributed by atoms with Crippen molar-refractivity contribution in [3.05, 3.63) is 30.4 Å². The van der Waals surface area contributed by atoms with Crippen LogP contribution in [-0.4, -0.2) is 31.9 Å². The maximum absolute atomic E-state index is 11.4. The minimum Gasteiger partial charge on any atom is -0.495 e. The number of carbonyl (C=O) groups is 1. The molecular formula is C16H25N3O3. The van der Waals surface area contributed by atoms with Gasteiger partial charge in [-0.25, -0.2) is 4.79 Å². The fourth-order valence-electron chi connectivity index (χ4n) is 1.69. The first kappa shape index (κ1) is 17.7. The molecule has 0 aromatic heterocycles. The Morgan fingerprint density at radius 3 is 2.59 bits per heavy atom. The Morgan fingerprint density at radius 2 is 1.95 bits per heavy atom. The van der Waals surface area contributed by atoms with Crippen LogP contribution in [0.15, 0.2) is 30.4 Å². The quantitative estimate of drug-likeness (QED) is 0.556. The number of anilines is 2. The molecule has 4 N–H and O–H groups in total. The molecule has 0 bridgehead atoms. The van der Waals surface area contributed by atoms with Crippen molar-refractivity contribution in [2.24, 2.45) is 0 Å². The van der Waals surface area contributed by atoms with E-state index in [-0.39, 0.29) is 0 Å². The van der Waals surface area contributed by atoms with Gasteiger partial charge < -0.3 is 25.8 Å². The number of amides is 1. The topological polar surface area (TPSA) is 85.6 Å². The van der Waals surface area contributed by atoms with E-state index in [1.807, 2.05) is 45.1 Å². The molecule has 22 heavy (non-hydrogen) atoms. The van der Waals surface area contributed by atoms with Crippen molar-refractivity contribution >= 4 is 17.5 Å². The number of hydrogen-bond acceptors (Lipinski definition) is 5. The molecule has 0 fully saturated rings. The highest BCUT2D eigenvalue weighted by Gasteiger charge is 2.14. The van der Waals surface area contributed by atoms with Gasteiger partial charge in [0.15, 0.2) is 0 Å². The second-order valence-corrected chi connectivity index (χ2v) is 5.66. The van der Waals surface area contributed by atoms with Gasteiger partial charge in [-0.05, 0) is 32.9 Å². The minimum absolute atomic E-state index is 0.401. The molecule has 0 aliphatic heterocycles. The van der Waals surface area contributed by atoms with E-state index in [4.69, 9.17) is 15.2 Å². The van der Waals surface area contributed by atoms with Gasteiger partial charge in [-0.1, -0.05) is 18.2 Å². The Bertz CT molecular complexity index is 522. The van der Waals surface area contributed by atoms with Gasteiger partial charge in [0.2, 0.25) is 0 Å². The van der Waals surface area contributed by atoms with Gasteiger partial charge in [0.05, 0.1) is 12.8 Å². The number of benzene rings is 1. The van der Waals surface area contributed by atoms with E-state index in [1.165, 1.54) is 0 Å². The average Bonchev–Trinajstić information content (AvgIpc) is 2.41. The number of ether oxygens (including phenoxy) is 2. The zero-order chi connectivity index (χ0) is 16.6. The van der Waals surface area contributed by atoms with Crippen LogP contribution in [0, 0.1) is 0 Å². The third-order valence-corrected chi connectivity index (χ3v) is 2.60. The molecule has 6 nitrogen and oxygen atoms in total. The molecule has 1 rings (SSSR count). The molecular weight excluding hydrogens is 282 g/mol. The number of nitrogens with two attached hydrogens (primary N) is 1. The number of hydrogen-bond donors (Lipinski definition) is 3. The van der Waals surface area contributed by atoms with Crippen LogP contribution >= 0.6 is 0 Å². The second kappa shape index (κ2) is 8.17. The van der Waals surface area contributed by atoms with Crippen molar-refractivity contribution in [1.29, 1.82) is 0 Å². The van der Waals surface area contributed by atoms with Crippen molar-refractivity contribution in [3.63, 3.8) is 0 Å². The van der Waals surface area contributed by atoms with Crippen molar-refractivity contribution in [2.75, 3.05) is 31.2 Å². The van der Waals surface area contributed by atoms with Crippen molar-refractivity contribution < 1.29 is 14.3 Å². The first-order chi connectivity index (χ1) is 10.3. The zero-order valence-corrected chi connectivity index (χ0v) is 13.6. The summed E-state index contributed by atoms with van der Waals surface area (Å²) in [6, 6.07) is 5.48. The number of alkyl carbamates (subject to hydrolysis) is 1. The molecule has 0 radical (unpaired) electrons. The summed E-state index contributed by atoms with van der Waals surface area (Å²) < 4.78 is 10.4. The molecule has 6 heteroatoms. The largest absolute Gasteiger partial charge is 0.495 e. The first-order valence-electron chi connectivity index (χ1n) is 7.11. The number of nitrogens with one attached hydrogen (secondary N) is 2. The molecule has 0 aliphatic rings. The Kier molecular flexibility index (Phi) is 6.56. The molecule has 0 saturated carbocycles. The Morgan fingerprint density at radius 1 is 1.27 bits per heavy atom. The van der Waals surface area contributed by atoms with E-state index in [2.05, 4.69) is 10.6 Å². The summed E-state index contributed by atoms with van der Waals surface area (Å²) in [5, 5.41) is 5.82. The molecule has 1 amide bonds. The normalized spacial score (nSPS) is 11.3. The van der Waals surface area contributed by atoms with Gasteiger partial charge in [-0.3, -0.25) is 0 Å². The smallest absolute Gasteiger partial charge is 0.407 e. The molecule has 122 valence electrons. The summed E-state index contributed by atoms with van der Waals surface area (Å²) in [6.45, 7) is 6.44. The predicted molar refractivity (Wildman–Crippen MR) is 89.3 cm³/mol. The van der Waals surface area contributed by atoms with Crippen LogP contribution in [-0.2, 0) is 4.74 Å². The van der Waals surface area contributed by atoms with Crippen molar-refractivity contribution in [1.82, 2.24) is 5.32 Å². The number of methoxy groups -OCH3 is 1. The lowest BCUT2D eigenvalue weighted by atomic mass is 10.2. The van der Waals surface area contributed by atoms with Crippen molar-refractivity contribution in [2.45, 2.75) is 26.4 Å². The van der Waals surface area contributed by atoms with Crippen LogP contribution in [0.4, 0.5) is 16.2 Å². The van der Waals surface area contributed by atoms with Crippen LogP contribution in [0.5, 0.6) is 5.75 Å². The molecule has 1 aromatic rings. The maximum atomic E-state index is 11.4. The van der Waals surface area contributed by atoms with Gasteiger partial charge in [0.25, 0.3) is 0 Å². The number of rotatable bonds is 6. The predicted octanol–water partition coefficient (Wildman–Crippen LogP) is 2.77. The summed E-state index contributed by atoms with van der Waals surface area (Å²) >= 11 is 0. The van der Waals surface area contributed by atoms with Gasteiger partial charge in [0, 0.05) is 13.1 Å². The lowest BCUT2D eigenvalue weighted by Crippen LogP contribution is -2.32. The Balaban J connectivity index is 2.35. The molecule has 0 atom stereocenters. The van der Waals surface area contributed by atoms with E-state index in [0.29, 0.717) is 24.5 Å². The fraction of sp³-hybridized carbons (Fsp3) is 0.438. The SMILES string of the molecule is COc1cccc(N)c1NC/C=C/CNC(=O)OC(C)(C)C. The highest BCUT2D eigenvalue weighted by molar-refractivity contribution is 5.73. The first-order valence-corrected chi connectivity index (χ1v) is 7.11. The van der Waals surface area contributed by atoms with E-state index >= 15 is 0 Å². The molecule has 0 aliphatic carbocycles. The number of para-hydroxylation sites is 1. The van der Waals surface area contributed by atoms with Crippen LogP contribution < -0.4 is 21.1 Å². The fourth-order valence-corrected chi connectivity index (χ4v) is 1.69. The third-order valence-electron chi connectivity index (χ3n) is 2.60. The van der Waals surface area contributed by atoms with Crippen LogP contribution in [0.3, 0.4) is 0 Å². The highest BCUT2D eigenvalue weighted by Crippen LogP contribution is 2.29. The standard InChI is InChI=1S/C16H25N3O3/c1-16(2,3)22-15(20)19-11-6-5-10-18-14-12(17)8-7-9-13(14)21-4/h5-9,18H,10-11,17H2,1-4H3,(H,19,20)/b6-5+. The molecule has 0 saturated heterocycles.